The molecule has 0 saturated heterocycles. The van der Waals surface area contributed by atoms with Gasteiger partial charge in [-0.25, -0.2) is 0 Å². The number of halogens is 1. The van der Waals surface area contributed by atoms with E-state index in [0.29, 0.717) is 11.2 Å². The third kappa shape index (κ3) is 5.82. The lowest BCUT2D eigenvalue weighted by atomic mass is 10.1. The highest BCUT2D eigenvalue weighted by atomic mass is 35.5. The lowest BCUT2D eigenvalue weighted by molar-refractivity contribution is -0.197. The van der Waals surface area contributed by atoms with Gasteiger partial charge >= 0.3 is 0 Å². The van der Waals surface area contributed by atoms with Crippen LogP contribution in [0.15, 0.2) is 120 Å². The van der Waals surface area contributed by atoms with E-state index < -0.39 is 13.0 Å². The fourth-order valence-corrected chi connectivity index (χ4v) is 8.31. The van der Waals surface area contributed by atoms with E-state index >= 15 is 0 Å². The Morgan fingerprint density at radius 2 is 1.14 bits per heavy atom. The molecule has 0 unspecified atom stereocenters. The molecule has 4 rings (SSSR count). The summed E-state index contributed by atoms with van der Waals surface area (Å²) in [5.41, 5.74) is 1.81. The van der Waals surface area contributed by atoms with Crippen LogP contribution >= 0.6 is 18.9 Å². The second-order valence-electron chi connectivity index (χ2n) is 8.71. The fraction of sp³-hybridized carbons (Fsp3) is 0.167. The number of methoxy groups -OCH3 is 1. The molecule has 0 N–H and O–H groups in total. The van der Waals surface area contributed by atoms with Crippen molar-refractivity contribution in [1.82, 2.24) is 0 Å². The average molecular weight is 503 g/mol. The maximum absolute atomic E-state index is 6.23. The molecule has 0 fully saturated rings. The molecule has 0 aliphatic rings. The molecule has 0 saturated carbocycles. The van der Waals surface area contributed by atoms with Crippen molar-refractivity contribution >= 4 is 40.5 Å². The zero-order valence-corrected chi connectivity index (χ0v) is 21.9. The van der Waals surface area contributed by atoms with Gasteiger partial charge in [-0.05, 0) is 48.5 Å². The van der Waals surface area contributed by atoms with Gasteiger partial charge in [0.2, 0.25) is 5.79 Å². The Morgan fingerprint density at radius 1 is 0.714 bits per heavy atom. The number of hydrogen-bond acceptors (Lipinski definition) is 3. The summed E-state index contributed by atoms with van der Waals surface area (Å²) in [6, 6.07) is 40.0. The summed E-state index contributed by atoms with van der Waals surface area (Å²) in [4.78, 5) is 5.93. The second-order valence-corrected chi connectivity index (χ2v) is 12.6. The minimum Gasteiger partial charge on any atom is -0.361 e. The summed E-state index contributed by atoms with van der Waals surface area (Å²) in [5, 5.41) is 9.23. The Balaban J connectivity index is 1.96. The van der Waals surface area contributed by atoms with Gasteiger partial charge in [-0.3, -0.25) is 0 Å². The summed E-state index contributed by atoms with van der Waals surface area (Å²) < 4.78 is 5.49. The van der Waals surface area contributed by atoms with Crippen molar-refractivity contribution in [2.45, 2.75) is 19.6 Å². The van der Waals surface area contributed by atoms with Gasteiger partial charge in [-0.2, -0.15) is 0 Å². The summed E-state index contributed by atoms with van der Waals surface area (Å²) in [7, 11) is -0.544. The molecular formula is C30H30ClNO2P+. The number of benzene rings is 4. The Bertz CT molecular complexity index is 1150. The van der Waals surface area contributed by atoms with E-state index in [4.69, 9.17) is 26.3 Å². The van der Waals surface area contributed by atoms with Gasteiger partial charge < -0.3 is 9.57 Å². The Hall–Kier alpha value is -2.97. The first-order valence-electron chi connectivity index (χ1n) is 11.6. The molecule has 0 atom stereocenters. The predicted octanol–water partition coefficient (Wildman–Crippen LogP) is 6.44. The van der Waals surface area contributed by atoms with Crippen molar-refractivity contribution in [1.29, 1.82) is 0 Å². The molecule has 5 heteroatoms. The minimum absolute atomic E-state index is 0.673. The molecule has 0 aliphatic carbocycles. The highest BCUT2D eigenvalue weighted by Crippen LogP contribution is 2.55. The molecule has 0 bridgehead atoms. The van der Waals surface area contributed by atoms with Crippen LogP contribution < -0.4 is 15.9 Å². The molecule has 0 radical (unpaired) electrons. The van der Waals surface area contributed by atoms with Crippen LogP contribution in [0.25, 0.3) is 0 Å². The Labute approximate surface area is 213 Å². The first-order chi connectivity index (χ1) is 16.9. The van der Waals surface area contributed by atoms with Crippen LogP contribution in [0, 0.1) is 0 Å². The molecule has 0 aromatic heterocycles. The topological polar surface area (TPSA) is 30.8 Å². The van der Waals surface area contributed by atoms with Gasteiger partial charge in [0.1, 0.15) is 35.0 Å². The highest BCUT2D eigenvalue weighted by Gasteiger charge is 2.47. The molecule has 35 heavy (non-hydrogen) atoms. The summed E-state index contributed by atoms with van der Waals surface area (Å²) in [5.74, 6) is -0.856. The zero-order valence-electron chi connectivity index (χ0n) is 20.3. The predicted molar refractivity (Wildman–Crippen MR) is 150 cm³/mol. The molecule has 3 nitrogen and oxygen atoms in total. The van der Waals surface area contributed by atoms with E-state index in [1.165, 1.54) is 15.9 Å². The van der Waals surface area contributed by atoms with Gasteiger partial charge in [0.05, 0.1) is 0 Å². The van der Waals surface area contributed by atoms with Gasteiger partial charge in [0.25, 0.3) is 0 Å². The average Bonchev–Trinajstić information content (AvgIpc) is 2.91. The highest BCUT2D eigenvalue weighted by molar-refractivity contribution is 7.96. The number of nitrogens with zero attached hydrogens (tertiary/aromatic N) is 1. The van der Waals surface area contributed by atoms with Crippen molar-refractivity contribution in [2.24, 2.45) is 5.16 Å². The Morgan fingerprint density at radius 3 is 1.54 bits per heavy atom. The van der Waals surface area contributed by atoms with Crippen LogP contribution in [0.2, 0.25) is 5.02 Å². The minimum atomic E-state index is -2.16. The molecule has 0 heterocycles. The maximum Gasteiger partial charge on any atom is 0.230 e. The third-order valence-corrected chi connectivity index (χ3v) is 10.6. The number of rotatable bonds is 9. The van der Waals surface area contributed by atoms with Crippen LogP contribution in [-0.2, 0) is 9.57 Å². The van der Waals surface area contributed by atoms with Gasteiger partial charge in [-0.15, -0.1) is 0 Å². The van der Waals surface area contributed by atoms with E-state index in [1.54, 1.807) is 7.11 Å². The standard InChI is InChI=1S/C30H30ClNO2P/c1-30(2,33-3)34-32-29(24-19-21-25(31)22-20-24)23-35(26-13-7-4-8-14-26,27-15-9-5-10-16-27)28-17-11-6-12-18-28/h4-22H,23H2,1-3H3/q+1. The number of hydrogen-bond donors (Lipinski definition) is 0. The van der Waals surface area contributed by atoms with E-state index in [-0.39, 0.29) is 0 Å². The summed E-state index contributed by atoms with van der Waals surface area (Å²) in [6.07, 6.45) is 0.673. The molecule has 4 aromatic carbocycles. The molecular weight excluding hydrogens is 473 g/mol. The maximum atomic E-state index is 6.23. The third-order valence-electron chi connectivity index (χ3n) is 6.02. The number of ether oxygens (including phenoxy) is 1. The van der Waals surface area contributed by atoms with Crippen molar-refractivity contribution in [3.05, 3.63) is 126 Å². The normalized spacial score (nSPS) is 12.4. The van der Waals surface area contributed by atoms with Crippen LogP contribution in [0.1, 0.15) is 19.4 Å². The summed E-state index contributed by atoms with van der Waals surface area (Å²) >= 11 is 6.23. The van der Waals surface area contributed by atoms with E-state index in [0.717, 1.165) is 11.3 Å². The number of oxime groups is 1. The first-order valence-corrected chi connectivity index (χ1v) is 13.9. The molecule has 0 spiro atoms. The first kappa shape index (κ1) is 25.1. The van der Waals surface area contributed by atoms with Gasteiger partial charge in [-0.1, -0.05) is 83.5 Å². The quantitative estimate of drug-likeness (QED) is 0.114. The van der Waals surface area contributed by atoms with E-state index in [1.807, 2.05) is 38.1 Å². The fourth-order valence-electron chi connectivity index (χ4n) is 4.01. The SMILES string of the molecule is COC(C)(C)ON=C(C[P+](c1ccccc1)(c1ccccc1)c1ccccc1)c1ccc(Cl)cc1. The van der Waals surface area contributed by atoms with Crippen molar-refractivity contribution in [3.63, 3.8) is 0 Å². The Kier molecular flexibility index (Phi) is 8.03. The molecule has 0 amide bonds. The van der Waals surface area contributed by atoms with Crippen molar-refractivity contribution < 1.29 is 9.57 Å². The van der Waals surface area contributed by atoms with E-state index in [9.17, 15) is 0 Å². The zero-order chi connectivity index (χ0) is 24.7. The van der Waals surface area contributed by atoms with Crippen LogP contribution in [0.3, 0.4) is 0 Å². The molecule has 4 aromatic rings. The molecule has 178 valence electrons. The lowest BCUT2D eigenvalue weighted by Gasteiger charge is -2.28. The van der Waals surface area contributed by atoms with Gasteiger partial charge in [0.15, 0.2) is 0 Å². The largest absolute Gasteiger partial charge is 0.361 e. The van der Waals surface area contributed by atoms with Crippen molar-refractivity contribution in [2.75, 3.05) is 13.3 Å². The smallest absolute Gasteiger partial charge is 0.230 e. The van der Waals surface area contributed by atoms with Crippen LogP contribution in [-0.4, -0.2) is 24.8 Å². The lowest BCUT2D eigenvalue weighted by Crippen LogP contribution is -2.36. The van der Waals surface area contributed by atoms with Crippen LogP contribution in [0.4, 0.5) is 0 Å². The van der Waals surface area contributed by atoms with Crippen LogP contribution in [0.5, 0.6) is 0 Å². The monoisotopic (exact) mass is 502 g/mol. The molecule has 0 aliphatic heterocycles. The summed E-state index contributed by atoms with van der Waals surface area (Å²) in [6.45, 7) is 3.70. The second kappa shape index (κ2) is 11.2. The van der Waals surface area contributed by atoms with Crippen molar-refractivity contribution in [3.8, 4) is 0 Å². The van der Waals surface area contributed by atoms with E-state index in [2.05, 4.69) is 91.0 Å². The van der Waals surface area contributed by atoms with Gasteiger partial charge in [0, 0.05) is 31.5 Å².